The van der Waals surface area contributed by atoms with Crippen molar-refractivity contribution >= 4 is 11.9 Å². The normalized spacial score (nSPS) is 14.1. The maximum Gasteiger partial charge on any atom is 0.328 e. The smallest absolute Gasteiger partial charge is 0.328 e. The summed E-state index contributed by atoms with van der Waals surface area (Å²) in [6.45, 7) is 5.85. The van der Waals surface area contributed by atoms with E-state index in [4.69, 9.17) is 0 Å². The van der Waals surface area contributed by atoms with Crippen LogP contribution in [0.15, 0.2) is 0 Å². The SMILES string of the molecule is CCCC[C@@H](NC(=O)[C@H](O)CC(C)C)C(=O)OC. The number of carbonyl (C=O) groups excluding carboxylic acids is 2. The summed E-state index contributed by atoms with van der Waals surface area (Å²) in [5.74, 6) is -0.748. The molecule has 0 radical (unpaired) electrons. The van der Waals surface area contributed by atoms with Crippen LogP contribution in [0.5, 0.6) is 0 Å². The minimum absolute atomic E-state index is 0.220. The maximum absolute atomic E-state index is 11.7. The highest BCUT2D eigenvalue weighted by atomic mass is 16.5. The summed E-state index contributed by atoms with van der Waals surface area (Å²) < 4.78 is 4.64. The summed E-state index contributed by atoms with van der Waals surface area (Å²) in [5, 5.41) is 12.2. The van der Waals surface area contributed by atoms with Crippen molar-refractivity contribution in [2.45, 2.75) is 58.6 Å². The Labute approximate surface area is 109 Å². The number of ether oxygens (including phenoxy) is 1. The minimum atomic E-state index is -1.07. The standard InChI is InChI=1S/C13H25NO4/c1-5-6-7-10(13(17)18-4)14-12(16)11(15)8-9(2)3/h9-11,15H,5-8H2,1-4H3,(H,14,16)/t10-,11-/m1/s1. The van der Waals surface area contributed by atoms with Gasteiger partial charge in [-0.25, -0.2) is 4.79 Å². The van der Waals surface area contributed by atoms with Crippen LogP contribution in [-0.2, 0) is 14.3 Å². The Morgan fingerprint density at radius 3 is 2.39 bits per heavy atom. The molecule has 0 aromatic rings. The molecule has 0 rings (SSSR count). The molecule has 0 aromatic carbocycles. The molecule has 1 amide bonds. The Kier molecular flexibility index (Phi) is 8.37. The van der Waals surface area contributed by atoms with Crippen molar-refractivity contribution in [1.82, 2.24) is 5.32 Å². The van der Waals surface area contributed by atoms with Gasteiger partial charge in [0.25, 0.3) is 0 Å². The molecule has 0 bridgehead atoms. The van der Waals surface area contributed by atoms with Crippen LogP contribution in [0.1, 0.15) is 46.5 Å². The van der Waals surface area contributed by atoms with Gasteiger partial charge in [-0.1, -0.05) is 33.6 Å². The second-order valence-corrected chi connectivity index (χ2v) is 4.87. The topological polar surface area (TPSA) is 75.6 Å². The van der Waals surface area contributed by atoms with Crippen molar-refractivity contribution in [3.05, 3.63) is 0 Å². The Balaban J connectivity index is 4.37. The van der Waals surface area contributed by atoms with Crippen molar-refractivity contribution in [3.63, 3.8) is 0 Å². The summed E-state index contributed by atoms with van der Waals surface area (Å²) in [4.78, 5) is 23.2. The average Bonchev–Trinajstić information content (AvgIpc) is 2.32. The molecule has 2 atom stereocenters. The molecule has 5 heteroatoms. The molecule has 0 aliphatic carbocycles. The van der Waals surface area contributed by atoms with E-state index in [-0.39, 0.29) is 5.92 Å². The van der Waals surface area contributed by atoms with Gasteiger partial charge in [0.2, 0.25) is 5.91 Å². The number of methoxy groups -OCH3 is 1. The molecule has 0 saturated heterocycles. The van der Waals surface area contributed by atoms with Crippen LogP contribution in [0.2, 0.25) is 0 Å². The van der Waals surface area contributed by atoms with Crippen molar-refractivity contribution < 1.29 is 19.4 Å². The molecule has 0 aliphatic heterocycles. The van der Waals surface area contributed by atoms with E-state index < -0.39 is 24.0 Å². The van der Waals surface area contributed by atoms with E-state index in [2.05, 4.69) is 10.1 Å². The Morgan fingerprint density at radius 1 is 1.33 bits per heavy atom. The molecule has 0 unspecified atom stereocenters. The van der Waals surface area contributed by atoms with Gasteiger partial charge in [0.1, 0.15) is 12.1 Å². The summed E-state index contributed by atoms with van der Waals surface area (Å²) in [5.41, 5.74) is 0. The highest BCUT2D eigenvalue weighted by Crippen LogP contribution is 2.07. The first kappa shape index (κ1) is 16.9. The third-order valence-corrected chi connectivity index (χ3v) is 2.65. The Hall–Kier alpha value is -1.10. The first-order valence-corrected chi connectivity index (χ1v) is 6.48. The molecule has 18 heavy (non-hydrogen) atoms. The molecule has 0 saturated carbocycles. The Bertz CT molecular complexity index is 266. The zero-order valence-corrected chi connectivity index (χ0v) is 11.7. The zero-order chi connectivity index (χ0) is 14.1. The second-order valence-electron chi connectivity index (χ2n) is 4.87. The highest BCUT2D eigenvalue weighted by Gasteiger charge is 2.24. The lowest BCUT2D eigenvalue weighted by molar-refractivity contribution is -0.146. The molecular formula is C13H25NO4. The number of aliphatic hydroxyl groups is 1. The molecule has 106 valence electrons. The largest absolute Gasteiger partial charge is 0.467 e. The van der Waals surface area contributed by atoms with Crippen molar-refractivity contribution in [2.24, 2.45) is 5.92 Å². The number of esters is 1. The number of nitrogens with one attached hydrogen (secondary N) is 1. The molecular weight excluding hydrogens is 234 g/mol. The molecule has 5 nitrogen and oxygen atoms in total. The fourth-order valence-corrected chi connectivity index (χ4v) is 1.62. The molecule has 0 aromatic heterocycles. The van der Waals surface area contributed by atoms with Gasteiger partial charge in [-0.05, 0) is 18.8 Å². The number of rotatable bonds is 8. The van der Waals surface area contributed by atoms with Crippen LogP contribution in [0.3, 0.4) is 0 Å². The van der Waals surface area contributed by atoms with Gasteiger partial charge in [0.05, 0.1) is 7.11 Å². The fraction of sp³-hybridized carbons (Fsp3) is 0.846. The van der Waals surface area contributed by atoms with E-state index in [1.165, 1.54) is 7.11 Å². The van der Waals surface area contributed by atoms with Gasteiger partial charge in [0.15, 0.2) is 0 Å². The monoisotopic (exact) mass is 259 g/mol. The lowest BCUT2D eigenvalue weighted by atomic mass is 10.0. The van der Waals surface area contributed by atoms with Crippen LogP contribution < -0.4 is 5.32 Å². The molecule has 2 N–H and O–H groups in total. The second kappa shape index (κ2) is 8.91. The van der Waals surface area contributed by atoms with Crippen LogP contribution >= 0.6 is 0 Å². The van der Waals surface area contributed by atoms with Gasteiger partial charge in [-0.15, -0.1) is 0 Å². The third kappa shape index (κ3) is 6.59. The first-order chi connectivity index (χ1) is 8.42. The van der Waals surface area contributed by atoms with Gasteiger partial charge < -0.3 is 15.2 Å². The lowest BCUT2D eigenvalue weighted by Crippen LogP contribution is -2.46. The van der Waals surface area contributed by atoms with Crippen LogP contribution in [0, 0.1) is 5.92 Å². The number of amides is 1. The molecule has 0 fully saturated rings. The summed E-state index contributed by atoms with van der Waals surface area (Å²) in [6, 6.07) is -0.663. The maximum atomic E-state index is 11.7. The summed E-state index contributed by atoms with van der Waals surface area (Å²) >= 11 is 0. The number of hydrogen-bond donors (Lipinski definition) is 2. The third-order valence-electron chi connectivity index (χ3n) is 2.65. The molecule has 0 spiro atoms. The quantitative estimate of drug-likeness (QED) is 0.643. The number of aliphatic hydroxyl groups excluding tert-OH is 1. The van der Waals surface area contributed by atoms with Crippen LogP contribution in [-0.4, -0.2) is 36.2 Å². The van der Waals surface area contributed by atoms with E-state index in [1.54, 1.807) is 0 Å². The molecule has 0 aliphatic rings. The number of carbonyl (C=O) groups is 2. The van der Waals surface area contributed by atoms with E-state index >= 15 is 0 Å². The van der Waals surface area contributed by atoms with E-state index in [0.717, 1.165) is 12.8 Å². The van der Waals surface area contributed by atoms with Crippen molar-refractivity contribution in [1.29, 1.82) is 0 Å². The predicted molar refractivity (Wildman–Crippen MR) is 68.9 cm³/mol. The van der Waals surface area contributed by atoms with Gasteiger partial charge >= 0.3 is 5.97 Å². The minimum Gasteiger partial charge on any atom is -0.467 e. The van der Waals surface area contributed by atoms with Gasteiger partial charge in [-0.3, -0.25) is 4.79 Å². The number of unbranched alkanes of at least 4 members (excludes halogenated alkanes) is 1. The first-order valence-electron chi connectivity index (χ1n) is 6.48. The predicted octanol–water partition coefficient (Wildman–Crippen LogP) is 1.24. The lowest BCUT2D eigenvalue weighted by Gasteiger charge is -2.19. The molecule has 0 heterocycles. The van der Waals surface area contributed by atoms with Gasteiger partial charge in [0, 0.05) is 0 Å². The van der Waals surface area contributed by atoms with E-state index in [0.29, 0.717) is 12.8 Å². The summed E-state index contributed by atoms with van der Waals surface area (Å²) in [7, 11) is 1.29. The van der Waals surface area contributed by atoms with Gasteiger partial charge in [-0.2, -0.15) is 0 Å². The average molecular weight is 259 g/mol. The Morgan fingerprint density at radius 2 is 1.94 bits per heavy atom. The highest BCUT2D eigenvalue weighted by molar-refractivity contribution is 5.86. The van der Waals surface area contributed by atoms with E-state index in [1.807, 2.05) is 20.8 Å². The zero-order valence-electron chi connectivity index (χ0n) is 11.7. The fourth-order valence-electron chi connectivity index (χ4n) is 1.62. The van der Waals surface area contributed by atoms with Crippen LogP contribution in [0.25, 0.3) is 0 Å². The van der Waals surface area contributed by atoms with Crippen LogP contribution in [0.4, 0.5) is 0 Å². The van der Waals surface area contributed by atoms with Crippen molar-refractivity contribution in [2.75, 3.05) is 7.11 Å². The summed E-state index contributed by atoms with van der Waals surface area (Å²) in [6.07, 6.45) is 1.59. The van der Waals surface area contributed by atoms with E-state index in [9.17, 15) is 14.7 Å². The van der Waals surface area contributed by atoms with Crippen molar-refractivity contribution in [3.8, 4) is 0 Å². The number of hydrogen-bond acceptors (Lipinski definition) is 4.